The Bertz CT molecular complexity index is 978. The SMILES string of the molecule is O=C1N(c2cc(Cl)cc(Cl)c2)C(=S)N[C@]12Cc1ccc(OC(F)(F)F)cc12. The summed E-state index contributed by atoms with van der Waals surface area (Å²) in [4.78, 5) is 14.4. The summed E-state index contributed by atoms with van der Waals surface area (Å²) in [6.07, 6.45) is -4.53. The van der Waals surface area contributed by atoms with Gasteiger partial charge in [-0.2, -0.15) is 0 Å². The average Bonchev–Trinajstić information content (AvgIpc) is 2.78. The molecule has 0 bridgehead atoms. The second-order valence-electron chi connectivity index (χ2n) is 6.15. The molecule has 1 N–H and O–H groups in total. The Morgan fingerprint density at radius 1 is 1.15 bits per heavy atom. The molecule has 27 heavy (non-hydrogen) atoms. The molecule has 1 saturated heterocycles. The molecular formula is C17H9Cl2F3N2O2S. The van der Waals surface area contributed by atoms with Crippen molar-refractivity contribution < 1.29 is 22.7 Å². The van der Waals surface area contributed by atoms with Crippen LogP contribution < -0.4 is 15.0 Å². The molecule has 1 atom stereocenters. The summed E-state index contributed by atoms with van der Waals surface area (Å²) in [5.74, 6) is -0.812. The number of hydrogen-bond donors (Lipinski definition) is 1. The molecule has 10 heteroatoms. The lowest BCUT2D eigenvalue weighted by molar-refractivity contribution is -0.274. The van der Waals surface area contributed by atoms with E-state index in [1.807, 2.05) is 0 Å². The fraction of sp³-hybridized carbons (Fsp3) is 0.176. The van der Waals surface area contributed by atoms with Gasteiger partial charge in [-0.3, -0.25) is 9.69 Å². The van der Waals surface area contributed by atoms with Gasteiger partial charge in [0.2, 0.25) is 0 Å². The molecule has 0 saturated carbocycles. The molecule has 0 radical (unpaired) electrons. The fourth-order valence-electron chi connectivity index (χ4n) is 3.36. The Hall–Kier alpha value is -2.03. The summed E-state index contributed by atoms with van der Waals surface area (Å²) in [7, 11) is 0. The molecule has 0 aromatic heterocycles. The number of hydrogen-bond acceptors (Lipinski definition) is 3. The zero-order valence-electron chi connectivity index (χ0n) is 13.2. The molecule has 0 unspecified atom stereocenters. The van der Waals surface area contributed by atoms with Gasteiger partial charge in [0.1, 0.15) is 11.3 Å². The second-order valence-corrected chi connectivity index (χ2v) is 7.41. The molecule has 2 aromatic carbocycles. The smallest absolute Gasteiger partial charge is 0.406 e. The van der Waals surface area contributed by atoms with Crippen LogP contribution in [0.25, 0.3) is 0 Å². The van der Waals surface area contributed by atoms with E-state index in [1.165, 1.54) is 41.3 Å². The van der Waals surface area contributed by atoms with Gasteiger partial charge in [0.25, 0.3) is 5.91 Å². The largest absolute Gasteiger partial charge is 0.573 e. The van der Waals surface area contributed by atoms with E-state index in [2.05, 4.69) is 10.1 Å². The van der Waals surface area contributed by atoms with E-state index in [9.17, 15) is 18.0 Å². The van der Waals surface area contributed by atoms with E-state index < -0.39 is 23.6 Å². The molecule has 1 amide bonds. The number of fused-ring (bicyclic) bond motifs is 2. The number of amides is 1. The normalized spacial score (nSPS) is 21.1. The lowest BCUT2D eigenvalue weighted by atomic mass is 9.70. The van der Waals surface area contributed by atoms with Crippen molar-refractivity contribution in [1.29, 1.82) is 0 Å². The summed E-state index contributed by atoms with van der Waals surface area (Å²) in [6.45, 7) is 0. The van der Waals surface area contributed by atoms with Crippen LogP contribution in [0.1, 0.15) is 11.1 Å². The van der Waals surface area contributed by atoms with Gasteiger partial charge in [-0.05, 0) is 53.7 Å². The summed E-state index contributed by atoms with van der Waals surface area (Å²) in [5.41, 5.74) is 0.279. The van der Waals surface area contributed by atoms with Crippen LogP contribution >= 0.6 is 35.4 Å². The third kappa shape index (κ3) is 3.01. The Morgan fingerprint density at radius 2 is 1.81 bits per heavy atom. The summed E-state index contributed by atoms with van der Waals surface area (Å²) in [5, 5.41) is 3.70. The highest BCUT2D eigenvalue weighted by molar-refractivity contribution is 7.80. The maximum absolute atomic E-state index is 13.1. The molecule has 4 nitrogen and oxygen atoms in total. The minimum atomic E-state index is -4.82. The molecule has 1 spiro atoms. The Morgan fingerprint density at radius 3 is 2.44 bits per heavy atom. The summed E-state index contributed by atoms with van der Waals surface area (Å²) >= 11 is 17.3. The van der Waals surface area contributed by atoms with Crippen LogP contribution in [0.2, 0.25) is 10.0 Å². The molecule has 4 rings (SSSR count). The third-order valence-corrected chi connectivity index (χ3v) is 5.15. The number of ether oxygens (including phenoxy) is 1. The predicted octanol–water partition coefficient (Wildman–Crippen LogP) is 4.56. The zero-order valence-corrected chi connectivity index (χ0v) is 15.6. The molecule has 140 valence electrons. The lowest BCUT2D eigenvalue weighted by Crippen LogP contribution is -2.53. The van der Waals surface area contributed by atoms with Gasteiger partial charge < -0.3 is 10.1 Å². The van der Waals surface area contributed by atoms with Crippen molar-refractivity contribution in [2.75, 3.05) is 4.90 Å². The van der Waals surface area contributed by atoms with Crippen LogP contribution in [-0.2, 0) is 16.8 Å². The van der Waals surface area contributed by atoms with Crippen molar-refractivity contribution in [3.05, 3.63) is 57.6 Å². The van der Waals surface area contributed by atoms with E-state index in [4.69, 9.17) is 35.4 Å². The fourth-order valence-corrected chi connectivity index (χ4v) is 4.24. The van der Waals surface area contributed by atoms with Crippen LogP contribution in [0.15, 0.2) is 36.4 Å². The van der Waals surface area contributed by atoms with Gasteiger partial charge in [-0.25, -0.2) is 0 Å². The van der Waals surface area contributed by atoms with Crippen molar-refractivity contribution in [2.24, 2.45) is 0 Å². The first-order chi connectivity index (χ1) is 12.6. The quantitative estimate of drug-likeness (QED) is 0.706. The van der Waals surface area contributed by atoms with Crippen LogP contribution in [0, 0.1) is 0 Å². The standard InChI is InChI=1S/C17H9Cl2F3N2O2S/c18-9-3-10(19)5-11(4-9)24-14(25)16(23-15(24)27)7-8-1-2-12(6-13(8)16)26-17(20,21)22/h1-6H,7H2,(H,23,27)/t16-/m0/s1. The Kier molecular flexibility index (Phi) is 4.06. The highest BCUT2D eigenvalue weighted by Gasteiger charge is 2.57. The molecule has 2 aliphatic rings. The van der Waals surface area contributed by atoms with Gasteiger partial charge in [0.15, 0.2) is 5.11 Å². The number of alkyl halides is 3. The van der Waals surface area contributed by atoms with E-state index in [1.54, 1.807) is 0 Å². The molecule has 1 heterocycles. The van der Waals surface area contributed by atoms with E-state index >= 15 is 0 Å². The number of carbonyl (C=O) groups is 1. The van der Waals surface area contributed by atoms with Crippen LogP contribution in [-0.4, -0.2) is 17.4 Å². The maximum Gasteiger partial charge on any atom is 0.573 e. The second kappa shape index (κ2) is 5.98. The van der Waals surface area contributed by atoms with Gasteiger partial charge in [0.05, 0.1) is 5.69 Å². The number of thiocarbonyl (C=S) groups is 1. The van der Waals surface area contributed by atoms with Gasteiger partial charge in [-0.1, -0.05) is 29.3 Å². The minimum absolute atomic E-state index is 0.117. The Labute approximate surface area is 166 Å². The molecule has 1 fully saturated rings. The summed E-state index contributed by atoms with van der Waals surface area (Å²) < 4.78 is 41.5. The summed E-state index contributed by atoms with van der Waals surface area (Å²) in [6, 6.07) is 8.49. The lowest BCUT2D eigenvalue weighted by Gasteiger charge is -2.38. The first kappa shape index (κ1) is 18.3. The number of halogens is 5. The number of anilines is 1. The third-order valence-electron chi connectivity index (χ3n) is 4.43. The highest BCUT2D eigenvalue weighted by atomic mass is 35.5. The van der Waals surface area contributed by atoms with Crippen molar-refractivity contribution in [2.45, 2.75) is 18.3 Å². The average molecular weight is 433 g/mol. The van der Waals surface area contributed by atoms with Crippen molar-refractivity contribution in [1.82, 2.24) is 5.32 Å². The van der Waals surface area contributed by atoms with Crippen molar-refractivity contribution in [3.63, 3.8) is 0 Å². The highest BCUT2D eigenvalue weighted by Crippen LogP contribution is 2.46. The van der Waals surface area contributed by atoms with Crippen LogP contribution in [0.5, 0.6) is 5.75 Å². The van der Waals surface area contributed by atoms with E-state index in [0.717, 1.165) is 5.56 Å². The number of rotatable bonds is 2. The number of benzene rings is 2. The van der Waals surface area contributed by atoms with Gasteiger partial charge in [0, 0.05) is 16.5 Å². The van der Waals surface area contributed by atoms with E-state index in [0.29, 0.717) is 27.7 Å². The maximum atomic E-state index is 13.1. The minimum Gasteiger partial charge on any atom is -0.406 e. The number of nitrogens with zero attached hydrogens (tertiary/aromatic N) is 1. The molecule has 2 aromatic rings. The van der Waals surface area contributed by atoms with Crippen molar-refractivity contribution in [3.8, 4) is 5.75 Å². The number of carbonyl (C=O) groups excluding carboxylic acids is 1. The number of nitrogens with one attached hydrogen (secondary N) is 1. The first-order valence-electron chi connectivity index (χ1n) is 7.61. The first-order valence-corrected chi connectivity index (χ1v) is 8.77. The predicted molar refractivity (Wildman–Crippen MR) is 98.2 cm³/mol. The Balaban J connectivity index is 1.71. The van der Waals surface area contributed by atoms with Crippen LogP contribution in [0.3, 0.4) is 0 Å². The van der Waals surface area contributed by atoms with Gasteiger partial charge in [-0.15, -0.1) is 13.2 Å². The van der Waals surface area contributed by atoms with Crippen molar-refractivity contribution >= 4 is 52.1 Å². The molecule has 1 aliphatic heterocycles. The zero-order chi connectivity index (χ0) is 19.6. The van der Waals surface area contributed by atoms with Gasteiger partial charge >= 0.3 is 6.36 Å². The van der Waals surface area contributed by atoms with E-state index in [-0.39, 0.29) is 5.11 Å². The van der Waals surface area contributed by atoms with Crippen LogP contribution in [0.4, 0.5) is 18.9 Å². The monoisotopic (exact) mass is 432 g/mol. The molecule has 1 aliphatic carbocycles. The topological polar surface area (TPSA) is 41.6 Å². The molecular weight excluding hydrogens is 424 g/mol.